The quantitative estimate of drug-likeness (QED) is 0.504. The number of hydrogen-bond donors (Lipinski definition) is 2. The Balaban J connectivity index is 1.66. The van der Waals surface area contributed by atoms with Crippen molar-refractivity contribution in [1.82, 2.24) is 20.8 Å². The van der Waals surface area contributed by atoms with Crippen LogP contribution in [0.3, 0.4) is 0 Å². The maximum absolute atomic E-state index is 13.6. The van der Waals surface area contributed by atoms with Gasteiger partial charge in [0.05, 0.1) is 14.2 Å². The van der Waals surface area contributed by atoms with Gasteiger partial charge in [-0.2, -0.15) is 4.98 Å². The van der Waals surface area contributed by atoms with E-state index in [2.05, 4.69) is 20.8 Å². The second-order valence-electron chi connectivity index (χ2n) is 6.87. The number of carbonyl (C=O) groups is 2. The van der Waals surface area contributed by atoms with Crippen LogP contribution in [0.5, 0.6) is 11.5 Å². The van der Waals surface area contributed by atoms with Crippen molar-refractivity contribution in [3.63, 3.8) is 0 Å². The van der Waals surface area contributed by atoms with Gasteiger partial charge in [-0.3, -0.25) is 9.59 Å². The van der Waals surface area contributed by atoms with Crippen LogP contribution in [0.15, 0.2) is 40.9 Å². The fourth-order valence-electron chi connectivity index (χ4n) is 3.04. The molecular weight excluding hydrogens is 438 g/mol. The zero-order chi connectivity index (χ0) is 24.0. The molecule has 0 aliphatic carbocycles. The zero-order valence-electron chi connectivity index (χ0n) is 18.1. The van der Waals surface area contributed by atoms with Crippen molar-refractivity contribution < 1.29 is 32.4 Å². The summed E-state index contributed by atoms with van der Waals surface area (Å²) in [6.45, 7) is 0. The van der Waals surface area contributed by atoms with Gasteiger partial charge in [0.25, 0.3) is 0 Å². The zero-order valence-corrected chi connectivity index (χ0v) is 18.1. The molecule has 0 saturated carbocycles. The van der Waals surface area contributed by atoms with E-state index in [0.717, 1.165) is 12.1 Å². The molecule has 0 bridgehead atoms. The monoisotopic (exact) mass is 460 g/mol. The van der Waals surface area contributed by atoms with Gasteiger partial charge in [0.15, 0.2) is 23.1 Å². The number of amides is 2. The molecule has 1 atom stereocenters. The molecule has 9 nitrogen and oxygen atoms in total. The molecule has 0 spiro atoms. The van der Waals surface area contributed by atoms with E-state index in [4.69, 9.17) is 14.0 Å². The number of rotatable bonds is 9. The van der Waals surface area contributed by atoms with Crippen molar-refractivity contribution >= 4 is 11.8 Å². The summed E-state index contributed by atoms with van der Waals surface area (Å²) in [4.78, 5) is 28.9. The Bertz CT molecular complexity index is 1150. The van der Waals surface area contributed by atoms with Gasteiger partial charge in [-0.05, 0) is 35.9 Å². The average molecular weight is 460 g/mol. The van der Waals surface area contributed by atoms with Crippen molar-refractivity contribution in [2.45, 2.75) is 18.9 Å². The van der Waals surface area contributed by atoms with Gasteiger partial charge in [-0.25, -0.2) is 8.78 Å². The first-order valence-corrected chi connectivity index (χ1v) is 9.87. The summed E-state index contributed by atoms with van der Waals surface area (Å²) in [5.41, 5.74) is 0.736. The Morgan fingerprint density at radius 2 is 1.82 bits per heavy atom. The van der Waals surface area contributed by atoms with Crippen LogP contribution >= 0.6 is 0 Å². The largest absolute Gasteiger partial charge is 0.493 e. The molecule has 2 amide bonds. The summed E-state index contributed by atoms with van der Waals surface area (Å²) in [6, 6.07) is 6.92. The van der Waals surface area contributed by atoms with Crippen LogP contribution in [-0.4, -0.2) is 43.2 Å². The summed E-state index contributed by atoms with van der Waals surface area (Å²) < 4.78 is 42.5. The first-order chi connectivity index (χ1) is 15.9. The fourth-order valence-corrected chi connectivity index (χ4v) is 3.04. The number of aromatic nitrogens is 2. The van der Waals surface area contributed by atoms with Crippen LogP contribution in [0.4, 0.5) is 8.78 Å². The van der Waals surface area contributed by atoms with Crippen molar-refractivity contribution in [1.29, 1.82) is 0 Å². The van der Waals surface area contributed by atoms with E-state index in [1.807, 2.05) is 0 Å². The lowest BCUT2D eigenvalue weighted by Gasteiger charge is -2.17. The van der Waals surface area contributed by atoms with Gasteiger partial charge in [0.1, 0.15) is 6.04 Å². The SMILES string of the molecule is CNC(=O)[C@@H](NC(=O)CCc1nc(-c2ccc(OC)c(OC)c2)no1)c1ccc(F)c(F)c1. The lowest BCUT2D eigenvalue weighted by Crippen LogP contribution is -2.39. The number of nitrogens with zero attached hydrogens (tertiary/aromatic N) is 2. The van der Waals surface area contributed by atoms with E-state index in [0.29, 0.717) is 22.9 Å². The highest BCUT2D eigenvalue weighted by Crippen LogP contribution is 2.31. The highest BCUT2D eigenvalue weighted by Gasteiger charge is 2.23. The van der Waals surface area contributed by atoms with Gasteiger partial charge in [0.2, 0.25) is 23.5 Å². The van der Waals surface area contributed by atoms with Crippen molar-refractivity contribution in [2.75, 3.05) is 21.3 Å². The normalized spacial score (nSPS) is 11.5. The number of methoxy groups -OCH3 is 2. The van der Waals surface area contributed by atoms with E-state index in [1.54, 1.807) is 18.2 Å². The van der Waals surface area contributed by atoms with Crippen LogP contribution in [0.25, 0.3) is 11.4 Å². The molecule has 0 unspecified atom stereocenters. The number of aryl methyl sites for hydroxylation is 1. The molecule has 3 rings (SSSR count). The summed E-state index contributed by atoms with van der Waals surface area (Å²) in [5.74, 6) is -1.71. The second kappa shape index (κ2) is 10.5. The third kappa shape index (κ3) is 5.62. The molecule has 2 aromatic carbocycles. The van der Waals surface area contributed by atoms with Crippen LogP contribution in [0, 0.1) is 11.6 Å². The third-order valence-electron chi connectivity index (χ3n) is 4.77. The molecular formula is C22H22F2N4O5. The van der Waals surface area contributed by atoms with Gasteiger partial charge in [-0.1, -0.05) is 11.2 Å². The molecule has 11 heteroatoms. The summed E-state index contributed by atoms with van der Waals surface area (Å²) in [7, 11) is 4.40. The Morgan fingerprint density at radius 1 is 1.06 bits per heavy atom. The number of hydrogen-bond acceptors (Lipinski definition) is 7. The number of likely N-dealkylation sites (N-methyl/N-ethyl adjacent to an activating group) is 1. The summed E-state index contributed by atoms with van der Waals surface area (Å²) >= 11 is 0. The Kier molecular flexibility index (Phi) is 7.54. The fraction of sp³-hybridized carbons (Fsp3) is 0.273. The van der Waals surface area contributed by atoms with E-state index >= 15 is 0 Å². The van der Waals surface area contributed by atoms with Crippen LogP contribution in [0.1, 0.15) is 23.9 Å². The molecule has 1 aromatic heterocycles. The number of halogens is 2. The van der Waals surface area contributed by atoms with Gasteiger partial charge < -0.3 is 24.6 Å². The van der Waals surface area contributed by atoms with E-state index in [1.165, 1.54) is 27.3 Å². The lowest BCUT2D eigenvalue weighted by atomic mass is 10.1. The van der Waals surface area contributed by atoms with E-state index in [-0.39, 0.29) is 24.3 Å². The van der Waals surface area contributed by atoms with Crippen LogP contribution in [0.2, 0.25) is 0 Å². The van der Waals surface area contributed by atoms with Gasteiger partial charge in [0, 0.05) is 25.5 Å². The van der Waals surface area contributed by atoms with Gasteiger partial charge >= 0.3 is 0 Å². The highest BCUT2D eigenvalue weighted by molar-refractivity contribution is 5.88. The molecule has 174 valence electrons. The molecule has 0 radical (unpaired) electrons. The number of benzene rings is 2. The summed E-state index contributed by atoms with van der Waals surface area (Å²) in [5, 5.41) is 8.80. The molecule has 33 heavy (non-hydrogen) atoms. The maximum Gasteiger partial charge on any atom is 0.246 e. The van der Waals surface area contributed by atoms with Crippen molar-refractivity contribution in [2.24, 2.45) is 0 Å². The minimum Gasteiger partial charge on any atom is -0.493 e. The Morgan fingerprint density at radius 3 is 2.48 bits per heavy atom. The first kappa shape index (κ1) is 23.6. The Hall–Kier alpha value is -4.02. The summed E-state index contributed by atoms with van der Waals surface area (Å²) in [6.07, 6.45) is 0.0229. The minimum absolute atomic E-state index is 0.0786. The molecule has 0 saturated heterocycles. The van der Waals surface area contributed by atoms with E-state index < -0.39 is 29.5 Å². The topological polar surface area (TPSA) is 116 Å². The number of carbonyl (C=O) groups excluding carboxylic acids is 2. The van der Waals surface area contributed by atoms with Crippen molar-refractivity contribution in [3.8, 4) is 22.9 Å². The van der Waals surface area contributed by atoms with E-state index in [9.17, 15) is 18.4 Å². The van der Waals surface area contributed by atoms with Crippen LogP contribution < -0.4 is 20.1 Å². The molecule has 2 N–H and O–H groups in total. The number of nitrogens with one attached hydrogen (secondary N) is 2. The lowest BCUT2D eigenvalue weighted by molar-refractivity contribution is -0.128. The number of ether oxygens (including phenoxy) is 2. The molecule has 0 aliphatic rings. The molecule has 1 heterocycles. The maximum atomic E-state index is 13.6. The smallest absolute Gasteiger partial charge is 0.246 e. The van der Waals surface area contributed by atoms with Crippen molar-refractivity contribution in [3.05, 3.63) is 59.5 Å². The first-order valence-electron chi connectivity index (χ1n) is 9.87. The average Bonchev–Trinajstić information content (AvgIpc) is 3.31. The molecule has 0 fully saturated rings. The molecule has 3 aromatic rings. The highest BCUT2D eigenvalue weighted by atomic mass is 19.2. The van der Waals surface area contributed by atoms with Crippen LogP contribution in [-0.2, 0) is 16.0 Å². The molecule has 0 aliphatic heterocycles. The Labute approximate surface area is 188 Å². The second-order valence-corrected chi connectivity index (χ2v) is 6.87. The third-order valence-corrected chi connectivity index (χ3v) is 4.77. The van der Waals surface area contributed by atoms with Gasteiger partial charge in [-0.15, -0.1) is 0 Å². The minimum atomic E-state index is -1.19. The predicted molar refractivity (Wildman–Crippen MR) is 112 cm³/mol. The standard InChI is InChI=1S/C22H22F2N4O5/c1-25-22(30)20(12-4-6-14(23)15(24)10-12)26-18(29)8-9-19-27-21(28-33-19)13-5-7-16(31-2)17(11-13)32-3/h4-7,10-11,20H,8-9H2,1-3H3,(H,25,30)(H,26,29)/t20-/m0/s1. The predicted octanol–water partition coefficient (Wildman–Crippen LogP) is 2.57.